The molecule has 0 atom stereocenters. The van der Waals surface area contributed by atoms with Crippen LogP contribution in [-0.2, 0) is 6.54 Å². The Hall–Kier alpha value is -1.95. The van der Waals surface area contributed by atoms with Crippen molar-refractivity contribution in [2.75, 3.05) is 5.32 Å². The molecule has 0 aliphatic heterocycles. The number of aryl methyl sites for hydroxylation is 1. The Labute approximate surface area is 112 Å². The zero-order valence-electron chi connectivity index (χ0n) is 10.0. The largest absolute Gasteiger partial charge is 0.477 e. The van der Waals surface area contributed by atoms with Gasteiger partial charge in [-0.05, 0) is 30.7 Å². The van der Waals surface area contributed by atoms with Crippen LogP contribution in [0.15, 0.2) is 24.3 Å². The van der Waals surface area contributed by atoms with Crippen LogP contribution in [0.5, 0.6) is 0 Å². The standard InChI is InChI=1S/C13H11F2NO2S/c1-7-8(5-11(19-7)13(17)18)6-16-12-9(14)3-2-4-10(12)15/h2-5,16H,6H2,1H3,(H,17,18). The summed E-state index contributed by atoms with van der Waals surface area (Å²) in [5.41, 5.74) is 0.509. The molecule has 0 aliphatic carbocycles. The molecule has 0 radical (unpaired) electrons. The number of carbonyl (C=O) groups is 1. The van der Waals surface area contributed by atoms with Crippen LogP contribution in [0.1, 0.15) is 20.1 Å². The van der Waals surface area contributed by atoms with E-state index >= 15 is 0 Å². The van der Waals surface area contributed by atoms with Gasteiger partial charge in [-0.15, -0.1) is 11.3 Å². The highest BCUT2D eigenvalue weighted by molar-refractivity contribution is 7.14. The summed E-state index contributed by atoms with van der Waals surface area (Å²) in [5, 5.41) is 11.5. The molecule has 2 aromatic rings. The van der Waals surface area contributed by atoms with Crippen LogP contribution < -0.4 is 5.32 Å². The Kier molecular flexibility index (Phi) is 3.80. The number of hydrogen-bond donors (Lipinski definition) is 2. The maximum atomic E-state index is 13.4. The van der Waals surface area contributed by atoms with Crippen molar-refractivity contribution in [1.82, 2.24) is 0 Å². The summed E-state index contributed by atoms with van der Waals surface area (Å²) in [4.78, 5) is 11.8. The fourth-order valence-electron chi connectivity index (χ4n) is 1.65. The fraction of sp³-hybridized carbons (Fsp3) is 0.154. The van der Waals surface area contributed by atoms with E-state index in [4.69, 9.17) is 5.11 Å². The van der Waals surface area contributed by atoms with Crippen LogP contribution in [0.2, 0.25) is 0 Å². The number of para-hydroxylation sites is 1. The second-order valence-corrected chi connectivity index (χ2v) is 5.20. The summed E-state index contributed by atoms with van der Waals surface area (Å²) in [6.07, 6.45) is 0. The number of aromatic carboxylic acids is 1. The third-order valence-electron chi connectivity index (χ3n) is 2.65. The van der Waals surface area contributed by atoms with Gasteiger partial charge in [0.2, 0.25) is 0 Å². The van der Waals surface area contributed by atoms with Gasteiger partial charge < -0.3 is 10.4 Å². The molecule has 2 rings (SSSR count). The van der Waals surface area contributed by atoms with Gasteiger partial charge >= 0.3 is 5.97 Å². The summed E-state index contributed by atoms with van der Waals surface area (Å²) >= 11 is 1.14. The first-order valence-corrected chi connectivity index (χ1v) is 6.31. The normalized spacial score (nSPS) is 10.5. The van der Waals surface area contributed by atoms with Crippen molar-refractivity contribution in [1.29, 1.82) is 0 Å². The molecule has 0 spiro atoms. The molecule has 19 heavy (non-hydrogen) atoms. The summed E-state index contributed by atoms with van der Waals surface area (Å²) in [5.74, 6) is -2.35. The lowest BCUT2D eigenvalue weighted by Crippen LogP contribution is -2.04. The van der Waals surface area contributed by atoms with Crippen molar-refractivity contribution >= 4 is 23.0 Å². The average Bonchev–Trinajstić information content (AvgIpc) is 2.70. The quantitative estimate of drug-likeness (QED) is 0.900. The van der Waals surface area contributed by atoms with E-state index in [1.165, 1.54) is 12.1 Å². The van der Waals surface area contributed by atoms with Crippen LogP contribution in [-0.4, -0.2) is 11.1 Å². The number of hydrogen-bond acceptors (Lipinski definition) is 3. The van der Waals surface area contributed by atoms with Gasteiger partial charge in [-0.2, -0.15) is 0 Å². The van der Waals surface area contributed by atoms with E-state index in [1.807, 2.05) is 0 Å². The first kappa shape index (κ1) is 13.5. The Morgan fingerprint density at radius 3 is 2.53 bits per heavy atom. The summed E-state index contributed by atoms with van der Waals surface area (Å²) < 4.78 is 26.8. The summed E-state index contributed by atoms with van der Waals surface area (Å²) in [6, 6.07) is 5.12. The Balaban J connectivity index is 2.17. The number of carboxylic acid groups (broad SMARTS) is 1. The number of halogens is 2. The van der Waals surface area contributed by atoms with Crippen molar-refractivity contribution in [3.63, 3.8) is 0 Å². The molecule has 0 saturated heterocycles. The number of anilines is 1. The van der Waals surface area contributed by atoms with Gasteiger partial charge in [-0.1, -0.05) is 6.07 Å². The third kappa shape index (κ3) is 2.90. The number of rotatable bonds is 4. The molecule has 0 unspecified atom stereocenters. The summed E-state index contributed by atoms with van der Waals surface area (Å²) in [7, 11) is 0. The van der Waals surface area contributed by atoms with Crippen molar-refractivity contribution in [3.05, 3.63) is 51.2 Å². The Morgan fingerprint density at radius 2 is 2.00 bits per heavy atom. The monoisotopic (exact) mass is 283 g/mol. The van der Waals surface area contributed by atoms with Gasteiger partial charge in [0.25, 0.3) is 0 Å². The molecular weight excluding hydrogens is 272 g/mol. The van der Waals surface area contributed by atoms with Gasteiger partial charge in [0.1, 0.15) is 22.2 Å². The highest BCUT2D eigenvalue weighted by Gasteiger charge is 2.12. The summed E-state index contributed by atoms with van der Waals surface area (Å²) in [6.45, 7) is 1.94. The predicted octanol–water partition coefficient (Wildman–Crippen LogP) is 3.65. The van der Waals surface area contributed by atoms with E-state index in [9.17, 15) is 13.6 Å². The average molecular weight is 283 g/mol. The third-order valence-corrected chi connectivity index (χ3v) is 3.73. The maximum Gasteiger partial charge on any atom is 0.345 e. The van der Waals surface area contributed by atoms with Crippen LogP contribution >= 0.6 is 11.3 Å². The van der Waals surface area contributed by atoms with Crippen molar-refractivity contribution < 1.29 is 18.7 Å². The van der Waals surface area contributed by atoms with Crippen LogP contribution in [0, 0.1) is 18.6 Å². The molecule has 0 fully saturated rings. The van der Waals surface area contributed by atoms with Gasteiger partial charge in [-0.3, -0.25) is 0 Å². The lowest BCUT2D eigenvalue weighted by atomic mass is 10.2. The maximum absolute atomic E-state index is 13.4. The van der Waals surface area contributed by atoms with Crippen LogP contribution in [0.4, 0.5) is 14.5 Å². The fourth-order valence-corrected chi connectivity index (χ4v) is 2.53. The van der Waals surface area contributed by atoms with E-state index < -0.39 is 17.6 Å². The van der Waals surface area contributed by atoms with E-state index in [1.54, 1.807) is 6.92 Å². The Bertz CT molecular complexity index is 605. The van der Waals surface area contributed by atoms with Crippen molar-refractivity contribution in [3.8, 4) is 0 Å². The molecule has 0 bridgehead atoms. The van der Waals surface area contributed by atoms with Crippen molar-refractivity contribution in [2.24, 2.45) is 0 Å². The number of benzene rings is 1. The topological polar surface area (TPSA) is 49.3 Å². The molecular formula is C13H11F2NO2S. The zero-order chi connectivity index (χ0) is 14.0. The van der Waals surface area contributed by atoms with E-state index in [2.05, 4.69) is 5.32 Å². The van der Waals surface area contributed by atoms with Crippen LogP contribution in [0.3, 0.4) is 0 Å². The first-order chi connectivity index (χ1) is 8.99. The minimum Gasteiger partial charge on any atom is -0.477 e. The molecule has 1 heterocycles. The number of nitrogens with one attached hydrogen (secondary N) is 1. The molecule has 1 aromatic carbocycles. The smallest absolute Gasteiger partial charge is 0.345 e. The highest BCUT2D eigenvalue weighted by atomic mass is 32.1. The minimum atomic E-state index is -1.00. The van der Waals surface area contributed by atoms with Gasteiger partial charge in [0, 0.05) is 11.4 Å². The zero-order valence-corrected chi connectivity index (χ0v) is 10.9. The lowest BCUT2D eigenvalue weighted by Gasteiger charge is -2.08. The second-order valence-electron chi connectivity index (χ2n) is 3.95. The van der Waals surface area contributed by atoms with Gasteiger partial charge in [-0.25, -0.2) is 13.6 Å². The molecule has 2 N–H and O–H groups in total. The molecule has 6 heteroatoms. The highest BCUT2D eigenvalue weighted by Crippen LogP contribution is 2.24. The molecule has 100 valence electrons. The molecule has 0 saturated carbocycles. The van der Waals surface area contributed by atoms with E-state index in [0.717, 1.165) is 28.3 Å². The lowest BCUT2D eigenvalue weighted by molar-refractivity contribution is 0.0702. The predicted molar refractivity (Wildman–Crippen MR) is 69.7 cm³/mol. The SMILES string of the molecule is Cc1sc(C(=O)O)cc1CNc1c(F)cccc1F. The minimum absolute atomic E-state index is 0.174. The Morgan fingerprint density at radius 1 is 1.37 bits per heavy atom. The van der Waals surface area contributed by atoms with Crippen molar-refractivity contribution in [2.45, 2.75) is 13.5 Å². The number of thiophene rings is 1. The number of carboxylic acids is 1. The molecule has 3 nitrogen and oxygen atoms in total. The van der Waals surface area contributed by atoms with E-state index in [0.29, 0.717) is 5.56 Å². The molecule has 1 aromatic heterocycles. The van der Waals surface area contributed by atoms with Gasteiger partial charge in [0.15, 0.2) is 0 Å². The second kappa shape index (κ2) is 5.36. The van der Waals surface area contributed by atoms with Crippen LogP contribution in [0.25, 0.3) is 0 Å². The van der Waals surface area contributed by atoms with E-state index in [-0.39, 0.29) is 17.1 Å². The van der Waals surface area contributed by atoms with Gasteiger partial charge in [0.05, 0.1) is 0 Å². The molecule has 0 aliphatic rings. The molecule has 0 amide bonds. The first-order valence-electron chi connectivity index (χ1n) is 5.49.